The van der Waals surface area contributed by atoms with E-state index in [0.717, 1.165) is 44.9 Å². The summed E-state index contributed by atoms with van der Waals surface area (Å²) >= 11 is 0. The van der Waals surface area contributed by atoms with Crippen molar-refractivity contribution in [2.75, 3.05) is 6.54 Å². The number of carboxylic acid groups (broad SMARTS) is 1. The molecule has 0 unspecified atom stereocenters. The van der Waals surface area contributed by atoms with E-state index in [1.165, 1.54) is 10.5 Å². The molecule has 0 aromatic carbocycles. The van der Waals surface area contributed by atoms with Crippen LogP contribution in [0.15, 0.2) is 18.2 Å². The van der Waals surface area contributed by atoms with Gasteiger partial charge in [-0.05, 0) is 49.9 Å². The van der Waals surface area contributed by atoms with Gasteiger partial charge in [-0.3, -0.25) is 4.98 Å². The smallest absolute Gasteiger partial charge is 0.407 e. The topological polar surface area (TPSA) is 82.1 Å². The molecule has 0 radical (unpaired) electrons. The number of nitrogens with zero attached hydrogens (tertiary/aromatic N) is 3. The van der Waals surface area contributed by atoms with E-state index in [1.807, 2.05) is 13.8 Å². The van der Waals surface area contributed by atoms with Gasteiger partial charge in [0, 0.05) is 29.1 Å². The first-order valence-electron chi connectivity index (χ1n) is 9.31. The van der Waals surface area contributed by atoms with Gasteiger partial charge in [-0.25, -0.2) is 9.78 Å². The van der Waals surface area contributed by atoms with Crippen molar-refractivity contribution in [3.63, 3.8) is 0 Å². The van der Waals surface area contributed by atoms with Crippen LogP contribution in [0.5, 0.6) is 0 Å². The lowest BCUT2D eigenvalue weighted by Crippen LogP contribution is -2.35. The van der Waals surface area contributed by atoms with Crippen LogP contribution in [0.3, 0.4) is 0 Å². The molecule has 4 rings (SSSR count). The monoisotopic (exact) mass is 364 g/mol. The fourth-order valence-corrected chi connectivity index (χ4v) is 4.01. The summed E-state index contributed by atoms with van der Waals surface area (Å²) in [5.41, 5.74) is 9.30. The number of pyridine rings is 2. The summed E-state index contributed by atoms with van der Waals surface area (Å²) in [6.07, 6.45) is -0.187. The molecule has 6 heteroatoms. The third-order valence-corrected chi connectivity index (χ3v) is 5.18. The minimum absolute atomic E-state index is 0.284. The summed E-state index contributed by atoms with van der Waals surface area (Å²) in [5.74, 6) is 0.284. The number of fused-ring (bicyclic) bond motifs is 2. The van der Waals surface area contributed by atoms with Crippen LogP contribution in [0.2, 0.25) is 0 Å². The third kappa shape index (κ3) is 3.05. The molecule has 3 aromatic rings. The van der Waals surface area contributed by atoms with Gasteiger partial charge in [0.05, 0.1) is 29.0 Å². The number of hydrogen-bond acceptors (Lipinski definition) is 3. The quantitative estimate of drug-likeness (QED) is 0.706. The molecule has 0 bridgehead atoms. The van der Waals surface area contributed by atoms with Crippen molar-refractivity contribution in [3.05, 3.63) is 46.4 Å². The van der Waals surface area contributed by atoms with Crippen LogP contribution in [-0.4, -0.2) is 37.6 Å². The SMILES string of the molecule is Cc1cc(-c2[nH]c3cc4c(nc3c2C(C)C)CN(C(=O)O)CC4)cc(C)n1. The van der Waals surface area contributed by atoms with Gasteiger partial charge in [0.25, 0.3) is 0 Å². The Labute approximate surface area is 158 Å². The molecule has 140 valence electrons. The second-order valence-electron chi connectivity index (χ2n) is 7.65. The largest absolute Gasteiger partial charge is 0.465 e. The maximum Gasteiger partial charge on any atom is 0.407 e. The van der Waals surface area contributed by atoms with Crippen LogP contribution in [0, 0.1) is 13.8 Å². The van der Waals surface area contributed by atoms with Gasteiger partial charge < -0.3 is 15.0 Å². The van der Waals surface area contributed by atoms with E-state index in [9.17, 15) is 9.90 Å². The van der Waals surface area contributed by atoms with Gasteiger partial charge in [-0.15, -0.1) is 0 Å². The van der Waals surface area contributed by atoms with E-state index in [4.69, 9.17) is 4.98 Å². The van der Waals surface area contributed by atoms with E-state index in [-0.39, 0.29) is 5.92 Å². The van der Waals surface area contributed by atoms with Gasteiger partial charge in [0.2, 0.25) is 0 Å². The maximum absolute atomic E-state index is 11.3. The molecule has 27 heavy (non-hydrogen) atoms. The van der Waals surface area contributed by atoms with Crippen molar-refractivity contribution in [3.8, 4) is 11.3 Å². The molecule has 2 N–H and O–H groups in total. The highest BCUT2D eigenvalue weighted by atomic mass is 16.4. The highest BCUT2D eigenvalue weighted by Crippen LogP contribution is 2.36. The predicted molar refractivity (Wildman–Crippen MR) is 105 cm³/mol. The van der Waals surface area contributed by atoms with Gasteiger partial charge in [0.1, 0.15) is 0 Å². The van der Waals surface area contributed by atoms with Crippen LogP contribution >= 0.6 is 0 Å². The second kappa shape index (κ2) is 6.37. The highest BCUT2D eigenvalue weighted by molar-refractivity contribution is 5.89. The lowest BCUT2D eigenvalue weighted by Gasteiger charge is -2.25. The molecule has 1 amide bonds. The number of amides is 1. The van der Waals surface area contributed by atoms with Crippen molar-refractivity contribution in [1.82, 2.24) is 19.9 Å². The molecule has 0 saturated heterocycles. The van der Waals surface area contributed by atoms with Crippen LogP contribution < -0.4 is 0 Å². The average molecular weight is 364 g/mol. The van der Waals surface area contributed by atoms with Gasteiger partial charge in [-0.1, -0.05) is 13.8 Å². The van der Waals surface area contributed by atoms with E-state index in [2.05, 4.69) is 42.0 Å². The zero-order valence-corrected chi connectivity index (χ0v) is 16.1. The summed E-state index contributed by atoms with van der Waals surface area (Å²) in [6.45, 7) is 9.21. The maximum atomic E-state index is 11.3. The van der Waals surface area contributed by atoms with E-state index >= 15 is 0 Å². The van der Waals surface area contributed by atoms with Crippen LogP contribution in [-0.2, 0) is 13.0 Å². The Hall–Kier alpha value is -2.89. The lowest BCUT2D eigenvalue weighted by molar-refractivity contribution is 0.139. The Morgan fingerprint density at radius 3 is 2.52 bits per heavy atom. The van der Waals surface area contributed by atoms with Gasteiger partial charge >= 0.3 is 6.09 Å². The molecule has 0 aliphatic carbocycles. The number of aryl methyl sites for hydroxylation is 2. The van der Waals surface area contributed by atoms with Crippen LogP contribution in [0.25, 0.3) is 22.3 Å². The van der Waals surface area contributed by atoms with Gasteiger partial charge in [0.15, 0.2) is 0 Å². The number of nitrogens with one attached hydrogen (secondary N) is 1. The summed E-state index contributed by atoms with van der Waals surface area (Å²) in [4.78, 5) is 25.7. The summed E-state index contributed by atoms with van der Waals surface area (Å²) in [6, 6.07) is 6.33. The molecule has 0 fully saturated rings. The van der Waals surface area contributed by atoms with Crippen molar-refractivity contribution < 1.29 is 9.90 Å². The molecule has 0 atom stereocenters. The Balaban J connectivity index is 1.91. The van der Waals surface area contributed by atoms with E-state index in [0.29, 0.717) is 19.5 Å². The van der Waals surface area contributed by atoms with Crippen LogP contribution in [0.4, 0.5) is 4.79 Å². The molecule has 3 aromatic heterocycles. The first kappa shape index (κ1) is 17.5. The number of aromatic nitrogens is 3. The Kier molecular flexibility index (Phi) is 4.13. The number of rotatable bonds is 2. The standard InChI is InChI=1S/C21H24N4O2/c1-11(2)18-19(15-7-12(3)22-13(4)8-15)23-16-9-14-5-6-25(21(26)27)10-17(14)24-20(16)18/h7-9,11,23H,5-6,10H2,1-4H3,(H,26,27). The molecule has 6 nitrogen and oxygen atoms in total. The highest BCUT2D eigenvalue weighted by Gasteiger charge is 2.24. The van der Waals surface area contributed by atoms with Crippen LogP contribution in [0.1, 0.15) is 48.0 Å². The Bertz CT molecular complexity index is 1030. The predicted octanol–water partition coefficient (Wildman–Crippen LogP) is 4.40. The number of hydrogen-bond donors (Lipinski definition) is 2. The second-order valence-corrected chi connectivity index (χ2v) is 7.65. The normalized spacial score (nSPS) is 14.0. The fraction of sp³-hybridized carbons (Fsp3) is 0.381. The molecule has 0 saturated carbocycles. The molecule has 4 heterocycles. The van der Waals surface area contributed by atoms with Crippen molar-refractivity contribution in [2.45, 2.75) is 46.6 Å². The Morgan fingerprint density at radius 2 is 1.89 bits per heavy atom. The number of carbonyl (C=O) groups is 1. The number of H-pyrrole nitrogens is 1. The summed E-state index contributed by atoms with van der Waals surface area (Å²) in [7, 11) is 0. The molecule has 1 aliphatic heterocycles. The van der Waals surface area contributed by atoms with Crippen molar-refractivity contribution >= 4 is 17.1 Å². The minimum Gasteiger partial charge on any atom is -0.465 e. The average Bonchev–Trinajstić information content (AvgIpc) is 2.96. The minimum atomic E-state index is -0.885. The van der Waals surface area contributed by atoms with Crippen molar-refractivity contribution in [1.29, 1.82) is 0 Å². The molecule has 0 spiro atoms. The summed E-state index contributed by atoms with van der Waals surface area (Å²) < 4.78 is 0. The molecular formula is C21H24N4O2. The molecule has 1 aliphatic rings. The summed E-state index contributed by atoms with van der Waals surface area (Å²) in [5, 5.41) is 9.31. The first-order chi connectivity index (χ1) is 12.8. The Morgan fingerprint density at radius 1 is 1.19 bits per heavy atom. The van der Waals surface area contributed by atoms with E-state index < -0.39 is 6.09 Å². The zero-order valence-electron chi connectivity index (χ0n) is 16.1. The lowest BCUT2D eigenvalue weighted by atomic mass is 9.97. The van der Waals surface area contributed by atoms with Crippen molar-refractivity contribution in [2.24, 2.45) is 0 Å². The zero-order chi connectivity index (χ0) is 19.3. The third-order valence-electron chi connectivity index (χ3n) is 5.18. The molecular weight excluding hydrogens is 340 g/mol. The van der Waals surface area contributed by atoms with E-state index in [1.54, 1.807) is 0 Å². The fourth-order valence-electron chi connectivity index (χ4n) is 4.01. The first-order valence-corrected chi connectivity index (χ1v) is 9.31. The number of aromatic amines is 1. The van der Waals surface area contributed by atoms with Gasteiger partial charge in [-0.2, -0.15) is 0 Å².